The van der Waals surface area contributed by atoms with E-state index in [1.807, 2.05) is 4.90 Å². The van der Waals surface area contributed by atoms with Crippen molar-refractivity contribution < 1.29 is 4.79 Å². The zero-order chi connectivity index (χ0) is 17.6. The van der Waals surface area contributed by atoms with Crippen molar-refractivity contribution in [3.63, 3.8) is 0 Å². The fraction of sp³-hybridized carbons (Fsp3) is 0.800. The van der Waals surface area contributed by atoms with Gasteiger partial charge in [0.15, 0.2) is 0 Å². The van der Waals surface area contributed by atoms with Gasteiger partial charge < -0.3 is 4.90 Å². The van der Waals surface area contributed by atoms with Crippen LogP contribution in [-0.4, -0.2) is 51.7 Å². The summed E-state index contributed by atoms with van der Waals surface area (Å²) in [6.07, 6.45) is 7.45. The second-order valence-corrected chi connectivity index (χ2v) is 7.92. The second-order valence-electron chi connectivity index (χ2n) is 7.92. The summed E-state index contributed by atoms with van der Waals surface area (Å²) in [6, 6.07) is 2.24. The van der Waals surface area contributed by atoms with Crippen LogP contribution in [0.4, 0.5) is 0 Å². The molecule has 25 heavy (non-hydrogen) atoms. The number of rotatable bonds is 7. The van der Waals surface area contributed by atoms with Crippen LogP contribution in [0, 0.1) is 5.92 Å². The molecular weight excluding hydrogens is 312 g/mol. The Balaban J connectivity index is 1.54. The van der Waals surface area contributed by atoms with Crippen molar-refractivity contribution in [3.05, 3.63) is 17.5 Å². The van der Waals surface area contributed by atoms with Crippen molar-refractivity contribution in [3.8, 4) is 0 Å². The Morgan fingerprint density at radius 3 is 2.76 bits per heavy atom. The minimum Gasteiger partial charge on any atom is -0.343 e. The van der Waals surface area contributed by atoms with Crippen molar-refractivity contribution in [2.24, 2.45) is 5.92 Å². The van der Waals surface area contributed by atoms with Gasteiger partial charge in [-0.05, 0) is 37.7 Å². The SMILES string of the molecule is CCC[C@@H](C)CN1CCCn2nc(CCC(=O)N3CCCC3)cc2C1. The summed E-state index contributed by atoms with van der Waals surface area (Å²) >= 11 is 0. The van der Waals surface area contributed by atoms with E-state index in [0.717, 1.165) is 57.1 Å². The van der Waals surface area contributed by atoms with Crippen LogP contribution in [0.2, 0.25) is 0 Å². The Morgan fingerprint density at radius 1 is 1.20 bits per heavy atom. The molecule has 1 fully saturated rings. The van der Waals surface area contributed by atoms with Gasteiger partial charge in [0.25, 0.3) is 0 Å². The minimum absolute atomic E-state index is 0.302. The van der Waals surface area contributed by atoms with E-state index >= 15 is 0 Å². The third-order valence-corrected chi connectivity index (χ3v) is 5.55. The van der Waals surface area contributed by atoms with Gasteiger partial charge in [-0.25, -0.2) is 0 Å². The number of aryl methyl sites for hydroxylation is 2. The summed E-state index contributed by atoms with van der Waals surface area (Å²) in [4.78, 5) is 16.8. The van der Waals surface area contributed by atoms with Gasteiger partial charge in [-0.1, -0.05) is 20.3 Å². The number of aromatic nitrogens is 2. The van der Waals surface area contributed by atoms with Crippen LogP contribution < -0.4 is 0 Å². The van der Waals surface area contributed by atoms with Crippen LogP contribution in [0.1, 0.15) is 63.8 Å². The number of carbonyl (C=O) groups excluding carboxylic acids is 1. The average Bonchev–Trinajstić information content (AvgIpc) is 3.20. The molecule has 1 amide bonds. The lowest BCUT2D eigenvalue weighted by atomic mass is 10.1. The van der Waals surface area contributed by atoms with Crippen molar-refractivity contribution in [1.29, 1.82) is 0 Å². The van der Waals surface area contributed by atoms with E-state index in [0.29, 0.717) is 12.3 Å². The Morgan fingerprint density at radius 2 is 2.00 bits per heavy atom. The Labute approximate surface area is 152 Å². The van der Waals surface area contributed by atoms with Crippen molar-refractivity contribution in [1.82, 2.24) is 19.6 Å². The van der Waals surface area contributed by atoms with Gasteiger partial charge in [-0.3, -0.25) is 14.4 Å². The largest absolute Gasteiger partial charge is 0.343 e. The number of hydrogen-bond donors (Lipinski definition) is 0. The minimum atomic E-state index is 0.302. The molecule has 1 saturated heterocycles. The molecule has 3 heterocycles. The fourth-order valence-corrected chi connectivity index (χ4v) is 4.25. The summed E-state index contributed by atoms with van der Waals surface area (Å²) in [5.74, 6) is 1.06. The normalized spacial score (nSPS) is 19.7. The number of likely N-dealkylation sites (tertiary alicyclic amines) is 1. The first kappa shape index (κ1) is 18.4. The summed E-state index contributed by atoms with van der Waals surface area (Å²) in [6.45, 7) is 10.9. The van der Waals surface area contributed by atoms with Crippen LogP contribution in [-0.2, 0) is 24.3 Å². The zero-order valence-electron chi connectivity index (χ0n) is 16.0. The first-order valence-electron chi connectivity index (χ1n) is 10.2. The maximum Gasteiger partial charge on any atom is 0.222 e. The van der Waals surface area contributed by atoms with Crippen molar-refractivity contribution in [2.75, 3.05) is 26.2 Å². The van der Waals surface area contributed by atoms with Crippen LogP contribution in [0.3, 0.4) is 0 Å². The number of fused-ring (bicyclic) bond motifs is 1. The summed E-state index contributed by atoms with van der Waals surface area (Å²) in [7, 11) is 0. The number of nitrogens with zero attached hydrogens (tertiary/aromatic N) is 4. The molecule has 5 nitrogen and oxygen atoms in total. The van der Waals surface area contributed by atoms with Crippen molar-refractivity contribution in [2.45, 2.75) is 71.9 Å². The van der Waals surface area contributed by atoms with Gasteiger partial charge in [-0.2, -0.15) is 5.10 Å². The molecular formula is C20H34N4O. The van der Waals surface area contributed by atoms with E-state index in [4.69, 9.17) is 5.10 Å². The Bertz CT molecular complexity index is 562. The van der Waals surface area contributed by atoms with Crippen molar-refractivity contribution >= 4 is 5.91 Å². The third kappa shape index (κ3) is 5.06. The second kappa shape index (κ2) is 8.84. The van der Waals surface area contributed by atoms with Gasteiger partial charge in [0.1, 0.15) is 0 Å². The lowest BCUT2D eigenvalue weighted by molar-refractivity contribution is -0.130. The van der Waals surface area contributed by atoms with Gasteiger partial charge >= 0.3 is 0 Å². The summed E-state index contributed by atoms with van der Waals surface area (Å²) < 4.78 is 2.18. The fourth-order valence-electron chi connectivity index (χ4n) is 4.25. The molecule has 0 N–H and O–H groups in total. The van der Waals surface area contributed by atoms with E-state index < -0.39 is 0 Å². The number of carbonyl (C=O) groups is 1. The van der Waals surface area contributed by atoms with Crippen LogP contribution in [0.15, 0.2) is 6.07 Å². The molecule has 2 aliphatic heterocycles. The quantitative estimate of drug-likeness (QED) is 0.762. The average molecular weight is 347 g/mol. The van der Waals surface area contributed by atoms with E-state index in [1.54, 1.807) is 0 Å². The molecule has 5 heteroatoms. The molecule has 2 aliphatic rings. The predicted molar refractivity (Wildman–Crippen MR) is 100 cm³/mol. The predicted octanol–water partition coefficient (Wildman–Crippen LogP) is 3.08. The van der Waals surface area contributed by atoms with Crippen LogP contribution >= 0.6 is 0 Å². The molecule has 1 aromatic heterocycles. The van der Waals surface area contributed by atoms with E-state index in [-0.39, 0.29) is 0 Å². The topological polar surface area (TPSA) is 41.4 Å². The van der Waals surface area contributed by atoms with E-state index in [9.17, 15) is 4.79 Å². The lowest BCUT2D eigenvalue weighted by Crippen LogP contribution is -2.28. The number of hydrogen-bond acceptors (Lipinski definition) is 3. The molecule has 1 atom stereocenters. The van der Waals surface area contributed by atoms with E-state index in [1.165, 1.54) is 38.0 Å². The van der Waals surface area contributed by atoms with Gasteiger partial charge in [0, 0.05) is 52.1 Å². The molecule has 0 saturated carbocycles. The van der Waals surface area contributed by atoms with Gasteiger partial charge in [-0.15, -0.1) is 0 Å². The monoisotopic (exact) mass is 346 g/mol. The molecule has 0 bridgehead atoms. The third-order valence-electron chi connectivity index (χ3n) is 5.55. The lowest BCUT2D eigenvalue weighted by Gasteiger charge is -2.23. The maximum atomic E-state index is 12.2. The smallest absolute Gasteiger partial charge is 0.222 e. The summed E-state index contributed by atoms with van der Waals surface area (Å²) in [5, 5.41) is 4.78. The van der Waals surface area contributed by atoms with Crippen LogP contribution in [0.25, 0.3) is 0 Å². The van der Waals surface area contributed by atoms with Crippen LogP contribution in [0.5, 0.6) is 0 Å². The van der Waals surface area contributed by atoms with Gasteiger partial charge in [0.05, 0.1) is 11.4 Å². The Hall–Kier alpha value is -1.36. The highest BCUT2D eigenvalue weighted by molar-refractivity contribution is 5.76. The molecule has 1 aromatic rings. The first-order chi connectivity index (χ1) is 12.2. The van der Waals surface area contributed by atoms with Gasteiger partial charge in [0.2, 0.25) is 5.91 Å². The standard InChI is InChI=1S/C20H34N4O/c1-3-7-17(2)15-22-10-6-13-24-19(16-22)14-18(21-24)8-9-20(25)23-11-4-5-12-23/h14,17H,3-13,15-16H2,1-2H3/t17-/m1/s1. The molecule has 0 aliphatic carbocycles. The highest BCUT2D eigenvalue weighted by Crippen LogP contribution is 2.18. The highest BCUT2D eigenvalue weighted by atomic mass is 16.2. The van der Waals surface area contributed by atoms with E-state index in [2.05, 4.69) is 29.5 Å². The first-order valence-corrected chi connectivity index (χ1v) is 10.2. The highest BCUT2D eigenvalue weighted by Gasteiger charge is 2.20. The molecule has 0 spiro atoms. The molecule has 3 rings (SSSR count). The number of amides is 1. The summed E-state index contributed by atoms with van der Waals surface area (Å²) in [5.41, 5.74) is 2.41. The Kier molecular flexibility index (Phi) is 6.51. The zero-order valence-corrected chi connectivity index (χ0v) is 16.0. The molecule has 0 aromatic carbocycles. The molecule has 0 radical (unpaired) electrons. The molecule has 140 valence electrons. The molecule has 0 unspecified atom stereocenters. The maximum absolute atomic E-state index is 12.2.